The number of hydrogen-bond acceptors (Lipinski definition) is 6. The lowest BCUT2D eigenvalue weighted by atomic mass is 10.2. The first-order chi connectivity index (χ1) is 9.10. The molecule has 1 atom stereocenters. The van der Waals surface area contributed by atoms with Gasteiger partial charge in [0.1, 0.15) is 0 Å². The average Bonchev–Trinajstić information content (AvgIpc) is 2.45. The Labute approximate surface area is 115 Å². The van der Waals surface area contributed by atoms with E-state index in [1.807, 2.05) is 0 Å². The van der Waals surface area contributed by atoms with Crippen LogP contribution < -0.4 is 14.8 Å². The first-order valence-corrected chi connectivity index (χ1v) is 6.51. The number of hydrogen-bond donors (Lipinski definition) is 1. The maximum Gasteiger partial charge on any atom is 0.229 e. The SMILES string of the molecule is CCC(C)N(C)CCNc1nc(OC)cc(OC)n1. The molecule has 0 saturated heterocycles. The molecule has 1 unspecified atom stereocenters. The van der Waals surface area contributed by atoms with Gasteiger partial charge in [0.25, 0.3) is 0 Å². The fraction of sp³-hybridized carbons (Fsp3) is 0.692. The lowest BCUT2D eigenvalue weighted by molar-refractivity contribution is 0.261. The van der Waals surface area contributed by atoms with Crippen LogP contribution in [0.5, 0.6) is 11.8 Å². The Hall–Kier alpha value is -1.56. The molecule has 1 heterocycles. The quantitative estimate of drug-likeness (QED) is 0.773. The molecule has 1 rings (SSSR count). The summed E-state index contributed by atoms with van der Waals surface area (Å²) in [5, 5.41) is 3.18. The Kier molecular flexibility index (Phi) is 6.35. The van der Waals surface area contributed by atoms with Crippen molar-refractivity contribution in [2.45, 2.75) is 26.3 Å². The minimum absolute atomic E-state index is 0.490. The van der Waals surface area contributed by atoms with Gasteiger partial charge in [0, 0.05) is 19.1 Å². The third kappa shape index (κ3) is 4.90. The van der Waals surface area contributed by atoms with E-state index in [4.69, 9.17) is 9.47 Å². The standard InChI is InChI=1S/C13H24N4O2/c1-6-10(2)17(3)8-7-14-13-15-11(18-4)9-12(16-13)19-5/h9-10H,6-8H2,1-5H3,(H,14,15,16). The Morgan fingerprint density at radius 3 is 2.32 bits per heavy atom. The maximum atomic E-state index is 5.10. The number of ether oxygens (including phenoxy) is 2. The molecular weight excluding hydrogens is 244 g/mol. The highest BCUT2D eigenvalue weighted by Gasteiger charge is 2.08. The zero-order valence-electron chi connectivity index (χ0n) is 12.4. The van der Waals surface area contributed by atoms with E-state index in [2.05, 4.69) is 41.1 Å². The second-order valence-electron chi connectivity index (χ2n) is 4.44. The molecule has 108 valence electrons. The van der Waals surface area contributed by atoms with E-state index in [0.717, 1.165) is 19.5 Å². The van der Waals surface area contributed by atoms with Crippen molar-refractivity contribution < 1.29 is 9.47 Å². The molecular formula is C13H24N4O2. The number of nitrogens with zero attached hydrogens (tertiary/aromatic N) is 3. The Morgan fingerprint density at radius 2 is 1.84 bits per heavy atom. The summed E-state index contributed by atoms with van der Waals surface area (Å²) in [7, 11) is 5.26. The van der Waals surface area contributed by atoms with Gasteiger partial charge in [0.05, 0.1) is 20.3 Å². The fourth-order valence-corrected chi connectivity index (χ4v) is 1.57. The van der Waals surface area contributed by atoms with Crippen molar-refractivity contribution in [3.8, 4) is 11.8 Å². The summed E-state index contributed by atoms with van der Waals surface area (Å²) in [6.45, 7) is 6.10. The summed E-state index contributed by atoms with van der Waals surface area (Å²) in [6, 6.07) is 2.22. The van der Waals surface area contributed by atoms with Crippen LogP contribution in [0.1, 0.15) is 20.3 Å². The molecule has 1 N–H and O–H groups in total. The summed E-state index contributed by atoms with van der Waals surface area (Å²) in [5.41, 5.74) is 0. The first-order valence-electron chi connectivity index (χ1n) is 6.51. The third-order valence-electron chi connectivity index (χ3n) is 3.19. The summed E-state index contributed by atoms with van der Waals surface area (Å²) in [6.07, 6.45) is 1.14. The average molecular weight is 268 g/mol. The summed E-state index contributed by atoms with van der Waals surface area (Å²) >= 11 is 0. The van der Waals surface area contributed by atoms with Crippen molar-refractivity contribution in [1.29, 1.82) is 0 Å². The van der Waals surface area contributed by atoms with Crippen molar-refractivity contribution in [3.63, 3.8) is 0 Å². The van der Waals surface area contributed by atoms with Crippen LogP contribution in [-0.4, -0.2) is 55.3 Å². The van der Waals surface area contributed by atoms with Gasteiger partial charge in [-0.15, -0.1) is 0 Å². The number of aromatic nitrogens is 2. The topological polar surface area (TPSA) is 59.5 Å². The predicted octanol–water partition coefficient (Wildman–Crippen LogP) is 1.64. The molecule has 0 bridgehead atoms. The molecule has 0 saturated carbocycles. The van der Waals surface area contributed by atoms with E-state index >= 15 is 0 Å². The van der Waals surface area contributed by atoms with Crippen LogP contribution in [0.4, 0.5) is 5.95 Å². The molecule has 6 heteroatoms. The lowest BCUT2D eigenvalue weighted by Crippen LogP contribution is -2.32. The van der Waals surface area contributed by atoms with E-state index in [-0.39, 0.29) is 0 Å². The van der Waals surface area contributed by atoms with Crippen LogP contribution in [0.2, 0.25) is 0 Å². The smallest absolute Gasteiger partial charge is 0.229 e. The van der Waals surface area contributed by atoms with E-state index in [9.17, 15) is 0 Å². The molecule has 0 radical (unpaired) electrons. The molecule has 6 nitrogen and oxygen atoms in total. The second-order valence-corrected chi connectivity index (χ2v) is 4.44. The number of anilines is 1. The highest BCUT2D eigenvalue weighted by Crippen LogP contribution is 2.16. The van der Waals surface area contributed by atoms with Crippen molar-refractivity contribution in [2.24, 2.45) is 0 Å². The van der Waals surface area contributed by atoms with Crippen LogP contribution in [0.25, 0.3) is 0 Å². The zero-order chi connectivity index (χ0) is 14.3. The lowest BCUT2D eigenvalue weighted by Gasteiger charge is -2.23. The van der Waals surface area contributed by atoms with Crippen molar-refractivity contribution in [1.82, 2.24) is 14.9 Å². The molecule has 0 aromatic carbocycles. The highest BCUT2D eigenvalue weighted by molar-refractivity contribution is 5.33. The third-order valence-corrected chi connectivity index (χ3v) is 3.19. The van der Waals surface area contributed by atoms with Crippen LogP contribution >= 0.6 is 0 Å². The van der Waals surface area contributed by atoms with Gasteiger partial charge in [-0.05, 0) is 20.4 Å². The zero-order valence-corrected chi connectivity index (χ0v) is 12.4. The van der Waals surface area contributed by atoms with E-state index in [0.29, 0.717) is 23.8 Å². The summed E-state index contributed by atoms with van der Waals surface area (Å²) in [5.74, 6) is 1.50. The predicted molar refractivity (Wildman–Crippen MR) is 76.0 cm³/mol. The normalized spacial score (nSPS) is 12.3. The number of likely N-dealkylation sites (N-methyl/N-ethyl adjacent to an activating group) is 1. The minimum Gasteiger partial charge on any atom is -0.481 e. The van der Waals surface area contributed by atoms with E-state index < -0.39 is 0 Å². The van der Waals surface area contributed by atoms with Gasteiger partial charge >= 0.3 is 0 Å². The van der Waals surface area contributed by atoms with Crippen LogP contribution in [-0.2, 0) is 0 Å². The Balaban J connectivity index is 2.53. The molecule has 19 heavy (non-hydrogen) atoms. The van der Waals surface area contributed by atoms with Crippen LogP contribution in [0, 0.1) is 0 Å². The van der Waals surface area contributed by atoms with E-state index in [1.165, 1.54) is 0 Å². The molecule has 0 spiro atoms. The van der Waals surface area contributed by atoms with Crippen LogP contribution in [0.3, 0.4) is 0 Å². The number of nitrogens with one attached hydrogen (secondary N) is 1. The molecule has 0 aliphatic carbocycles. The summed E-state index contributed by atoms with van der Waals surface area (Å²) < 4.78 is 10.2. The largest absolute Gasteiger partial charge is 0.481 e. The molecule has 1 aromatic rings. The molecule has 0 amide bonds. The van der Waals surface area contributed by atoms with Gasteiger partial charge in [-0.2, -0.15) is 9.97 Å². The molecule has 0 fully saturated rings. The maximum absolute atomic E-state index is 5.10. The molecule has 0 aliphatic heterocycles. The Morgan fingerprint density at radius 1 is 1.26 bits per heavy atom. The van der Waals surface area contributed by atoms with Gasteiger partial charge in [-0.3, -0.25) is 0 Å². The van der Waals surface area contributed by atoms with Crippen LogP contribution in [0.15, 0.2) is 6.07 Å². The van der Waals surface area contributed by atoms with Gasteiger partial charge in [-0.1, -0.05) is 6.92 Å². The minimum atomic E-state index is 0.490. The van der Waals surface area contributed by atoms with Crippen molar-refractivity contribution in [3.05, 3.63) is 6.07 Å². The molecule has 1 aromatic heterocycles. The van der Waals surface area contributed by atoms with Crippen molar-refractivity contribution >= 4 is 5.95 Å². The Bertz CT molecular complexity index is 365. The van der Waals surface area contributed by atoms with Crippen molar-refractivity contribution in [2.75, 3.05) is 39.7 Å². The number of methoxy groups -OCH3 is 2. The molecule has 0 aliphatic rings. The van der Waals surface area contributed by atoms with Gasteiger partial charge in [0.2, 0.25) is 17.7 Å². The van der Waals surface area contributed by atoms with Gasteiger partial charge in [-0.25, -0.2) is 0 Å². The van der Waals surface area contributed by atoms with E-state index in [1.54, 1.807) is 20.3 Å². The van der Waals surface area contributed by atoms with Gasteiger partial charge < -0.3 is 19.7 Å². The second kappa shape index (κ2) is 7.78. The monoisotopic (exact) mass is 268 g/mol. The summed E-state index contributed by atoms with van der Waals surface area (Å²) in [4.78, 5) is 10.7. The number of rotatable bonds is 8. The highest BCUT2D eigenvalue weighted by atomic mass is 16.5. The fourth-order valence-electron chi connectivity index (χ4n) is 1.57. The first kappa shape index (κ1) is 15.5. The van der Waals surface area contributed by atoms with Gasteiger partial charge in [0.15, 0.2) is 0 Å².